The largest absolute Gasteiger partial charge is 0.455 e. The van der Waals surface area contributed by atoms with Crippen molar-refractivity contribution in [3.63, 3.8) is 0 Å². The molecule has 24 heavy (non-hydrogen) atoms. The fourth-order valence-corrected chi connectivity index (χ4v) is 2.57. The number of nitrogens with zero attached hydrogens (tertiary/aromatic N) is 2. The number of furan rings is 2. The van der Waals surface area contributed by atoms with E-state index < -0.39 is 0 Å². The summed E-state index contributed by atoms with van der Waals surface area (Å²) in [4.78, 5) is 0. The Kier molecular flexibility index (Phi) is 3.50. The molecule has 118 valence electrons. The average Bonchev–Trinajstić information content (AvgIpc) is 3.23. The van der Waals surface area contributed by atoms with Gasteiger partial charge in [-0.3, -0.25) is 0 Å². The molecule has 0 aliphatic rings. The molecule has 2 aromatic carbocycles. The molecule has 0 atom stereocenters. The van der Waals surface area contributed by atoms with Crippen LogP contribution in [0.4, 0.5) is 0 Å². The lowest BCUT2D eigenvalue weighted by Gasteiger charge is -1.94. The van der Waals surface area contributed by atoms with Gasteiger partial charge in [0, 0.05) is 10.8 Å². The Morgan fingerprint density at radius 3 is 1.50 bits per heavy atom. The summed E-state index contributed by atoms with van der Waals surface area (Å²) in [6.45, 7) is 3.76. The summed E-state index contributed by atoms with van der Waals surface area (Å²) in [5.41, 5.74) is 3.14. The second-order valence-electron chi connectivity index (χ2n) is 5.67. The molecule has 4 rings (SSSR count). The van der Waals surface area contributed by atoms with Gasteiger partial charge in [-0.15, -0.1) is 0 Å². The Bertz CT molecular complexity index is 929. The number of rotatable bonds is 3. The normalized spacial score (nSPS) is 13.1. The summed E-state index contributed by atoms with van der Waals surface area (Å²) >= 11 is 0. The van der Waals surface area contributed by atoms with Crippen LogP contribution in [0.1, 0.15) is 25.4 Å². The first-order valence-electron chi connectivity index (χ1n) is 7.77. The lowest BCUT2D eigenvalue weighted by Crippen LogP contribution is -1.94. The second-order valence-corrected chi connectivity index (χ2v) is 5.67. The van der Waals surface area contributed by atoms with Crippen molar-refractivity contribution < 1.29 is 8.83 Å². The number of para-hydroxylation sites is 2. The van der Waals surface area contributed by atoms with Crippen LogP contribution in [0, 0.1) is 0 Å². The van der Waals surface area contributed by atoms with E-state index in [1.165, 1.54) is 0 Å². The van der Waals surface area contributed by atoms with Crippen molar-refractivity contribution in [1.29, 1.82) is 0 Å². The lowest BCUT2D eigenvalue weighted by molar-refractivity contribution is 0.602. The van der Waals surface area contributed by atoms with Crippen LogP contribution in [-0.4, -0.2) is 11.4 Å². The second kappa shape index (κ2) is 5.81. The topological polar surface area (TPSA) is 51.0 Å². The molecule has 0 unspecified atom stereocenters. The molecular weight excluding hydrogens is 300 g/mol. The summed E-state index contributed by atoms with van der Waals surface area (Å²) in [5.74, 6) is 1.44. The summed E-state index contributed by atoms with van der Waals surface area (Å²) in [6, 6.07) is 19.7. The zero-order valence-electron chi connectivity index (χ0n) is 13.5. The van der Waals surface area contributed by atoms with E-state index in [0.29, 0.717) is 0 Å². The van der Waals surface area contributed by atoms with E-state index in [9.17, 15) is 0 Å². The van der Waals surface area contributed by atoms with Crippen molar-refractivity contribution in [2.75, 3.05) is 0 Å². The molecule has 2 aromatic heterocycles. The first kappa shape index (κ1) is 14.5. The van der Waals surface area contributed by atoms with Crippen LogP contribution in [0.5, 0.6) is 0 Å². The number of benzene rings is 2. The highest BCUT2D eigenvalue weighted by atomic mass is 16.3. The molecule has 0 N–H and O–H groups in total. The SMILES string of the molecule is C/C(=N/N=C(/C)c1cc2ccccc2o1)c1cc2ccccc2o1. The number of hydrogen-bond acceptors (Lipinski definition) is 4. The van der Waals surface area contributed by atoms with Crippen molar-refractivity contribution in [3.05, 3.63) is 72.2 Å². The summed E-state index contributed by atoms with van der Waals surface area (Å²) < 4.78 is 11.6. The highest BCUT2D eigenvalue weighted by Crippen LogP contribution is 2.21. The fraction of sp³-hybridized carbons (Fsp3) is 0.100. The zero-order valence-corrected chi connectivity index (χ0v) is 13.5. The van der Waals surface area contributed by atoms with Crippen LogP contribution in [0.25, 0.3) is 21.9 Å². The van der Waals surface area contributed by atoms with E-state index in [4.69, 9.17) is 8.83 Å². The average molecular weight is 316 g/mol. The smallest absolute Gasteiger partial charge is 0.151 e. The van der Waals surface area contributed by atoms with Gasteiger partial charge in [0.05, 0.1) is 0 Å². The highest BCUT2D eigenvalue weighted by molar-refractivity contribution is 6.02. The zero-order chi connectivity index (χ0) is 16.5. The molecule has 0 amide bonds. The van der Waals surface area contributed by atoms with Gasteiger partial charge in [0.15, 0.2) is 11.5 Å². The summed E-state index contributed by atoms with van der Waals surface area (Å²) in [5, 5.41) is 10.7. The first-order chi connectivity index (χ1) is 11.7. The van der Waals surface area contributed by atoms with Crippen LogP contribution >= 0.6 is 0 Å². The van der Waals surface area contributed by atoms with Crippen molar-refractivity contribution in [1.82, 2.24) is 0 Å². The van der Waals surface area contributed by atoms with Crippen LogP contribution in [0.3, 0.4) is 0 Å². The van der Waals surface area contributed by atoms with Gasteiger partial charge in [-0.25, -0.2) is 0 Å². The molecule has 0 aliphatic heterocycles. The quantitative estimate of drug-likeness (QED) is 0.375. The van der Waals surface area contributed by atoms with Crippen molar-refractivity contribution in [2.45, 2.75) is 13.8 Å². The first-order valence-corrected chi connectivity index (χ1v) is 7.77. The van der Waals surface area contributed by atoms with E-state index >= 15 is 0 Å². The van der Waals surface area contributed by atoms with E-state index in [1.54, 1.807) is 0 Å². The van der Waals surface area contributed by atoms with Gasteiger partial charge in [0.25, 0.3) is 0 Å². The molecule has 0 spiro atoms. The minimum absolute atomic E-state index is 0.720. The van der Waals surface area contributed by atoms with E-state index in [1.807, 2.05) is 74.5 Å². The van der Waals surface area contributed by atoms with Crippen molar-refractivity contribution in [3.8, 4) is 0 Å². The van der Waals surface area contributed by atoms with Crippen LogP contribution in [0.15, 0.2) is 79.7 Å². The third kappa shape index (κ3) is 2.63. The summed E-state index contributed by atoms with van der Waals surface area (Å²) in [7, 11) is 0. The Morgan fingerprint density at radius 1 is 0.667 bits per heavy atom. The summed E-state index contributed by atoms with van der Waals surface area (Å²) in [6.07, 6.45) is 0. The Balaban J connectivity index is 1.65. The number of hydrogen-bond donors (Lipinski definition) is 0. The molecule has 2 heterocycles. The fourth-order valence-electron chi connectivity index (χ4n) is 2.57. The third-order valence-corrected chi connectivity index (χ3v) is 3.91. The molecule has 0 bridgehead atoms. The minimum atomic E-state index is 0.720. The van der Waals surface area contributed by atoms with E-state index in [2.05, 4.69) is 10.2 Å². The molecule has 0 aliphatic carbocycles. The monoisotopic (exact) mass is 316 g/mol. The van der Waals surface area contributed by atoms with Gasteiger partial charge in [-0.1, -0.05) is 36.4 Å². The molecule has 4 heteroatoms. The Morgan fingerprint density at radius 2 is 1.08 bits per heavy atom. The van der Waals surface area contributed by atoms with Gasteiger partial charge in [-0.2, -0.15) is 10.2 Å². The van der Waals surface area contributed by atoms with Crippen molar-refractivity contribution in [2.24, 2.45) is 10.2 Å². The van der Waals surface area contributed by atoms with Gasteiger partial charge < -0.3 is 8.83 Å². The van der Waals surface area contributed by atoms with Gasteiger partial charge in [-0.05, 0) is 38.1 Å². The Hall–Kier alpha value is -3.14. The predicted molar refractivity (Wildman–Crippen MR) is 96.9 cm³/mol. The maximum atomic E-state index is 5.79. The molecule has 0 radical (unpaired) electrons. The van der Waals surface area contributed by atoms with Crippen LogP contribution < -0.4 is 0 Å². The molecule has 0 saturated heterocycles. The van der Waals surface area contributed by atoms with Gasteiger partial charge >= 0.3 is 0 Å². The number of fused-ring (bicyclic) bond motifs is 2. The molecule has 4 nitrogen and oxygen atoms in total. The standard InChI is InChI=1S/C20H16N2O2/c1-13(19-11-15-7-3-5-9-17(15)23-19)21-22-14(2)20-12-16-8-4-6-10-18(16)24-20/h3-12H,1-2H3/b21-13-,22-14-. The van der Waals surface area contributed by atoms with Gasteiger partial charge in [0.1, 0.15) is 22.6 Å². The third-order valence-electron chi connectivity index (χ3n) is 3.91. The minimum Gasteiger partial charge on any atom is -0.455 e. The van der Waals surface area contributed by atoms with E-state index in [0.717, 1.165) is 44.9 Å². The maximum absolute atomic E-state index is 5.79. The van der Waals surface area contributed by atoms with Crippen LogP contribution in [0.2, 0.25) is 0 Å². The highest BCUT2D eigenvalue weighted by Gasteiger charge is 2.08. The predicted octanol–water partition coefficient (Wildman–Crippen LogP) is 5.41. The lowest BCUT2D eigenvalue weighted by atomic mass is 10.2. The van der Waals surface area contributed by atoms with E-state index in [-0.39, 0.29) is 0 Å². The van der Waals surface area contributed by atoms with Gasteiger partial charge in [0.2, 0.25) is 0 Å². The molecule has 4 aromatic rings. The molecule has 0 saturated carbocycles. The maximum Gasteiger partial charge on any atom is 0.151 e. The van der Waals surface area contributed by atoms with Crippen molar-refractivity contribution >= 4 is 33.4 Å². The molecular formula is C20H16N2O2. The Labute approximate surface area is 139 Å². The van der Waals surface area contributed by atoms with Crippen LogP contribution in [-0.2, 0) is 0 Å². The molecule has 0 fully saturated rings.